The third-order valence-electron chi connectivity index (χ3n) is 3.83. The summed E-state index contributed by atoms with van der Waals surface area (Å²) in [6.07, 6.45) is 2.69. The van der Waals surface area contributed by atoms with Gasteiger partial charge in [0.15, 0.2) is 6.29 Å². The number of carbonyl (C=O) groups excluding carboxylic acids is 1. The van der Waals surface area contributed by atoms with Gasteiger partial charge in [0.1, 0.15) is 0 Å². The van der Waals surface area contributed by atoms with Gasteiger partial charge in [-0.1, -0.05) is 24.3 Å². The van der Waals surface area contributed by atoms with Crippen LogP contribution in [0.1, 0.15) is 43.7 Å². The Bertz CT molecular complexity index is 455. The molecule has 4 heteroatoms. The minimum Gasteiger partial charge on any atom is -0.351 e. The van der Waals surface area contributed by atoms with Gasteiger partial charge < -0.3 is 14.8 Å². The minimum absolute atomic E-state index is 0.0427. The number of hydrogen-bond donors (Lipinski definition) is 1. The summed E-state index contributed by atoms with van der Waals surface area (Å²) in [7, 11) is 0. The molecule has 1 aliphatic rings. The SMILES string of the molecule is CCOC(CNC(=O)C1CCCc2ccccc21)OCC. The first-order valence-electron chi connectivity index (χ1n) is 7.85. The maximum absolute atomic E-state index is 12.5. The predicted octanol–water partition coefficient (Wildman–Crippen LogP) is 2.62. The lowest BCUT2D eigenvalue weighted by Crippen LogP contribution is -2.38. The van der Waals surface area contributed by atoms with Crippen LogP contribution in [0.3, 0.4) is 0 Å². The van der Waals surface area contributed by atoms with Gasteiger partial charge in [-0.15, -0.1) is 0 Å². The van der Waals surface area contributed by atoms with Gasteiger partial charge in [-0.25, -0.2) is 0 Å². The number of rotatable bonds is 7. The van der Waals surface area contributed by atoms with Crippen LogP contribution in [0.15, 0.2) is 24.3 Å². The number of hydrogen-bond acceptors (Lipinski definition) is 3. The Labute approximate surface area is 126 Å². The number of carbonyl (C=O) groups is 1. The van der Waals surface area contributed by atoms with Gasteiger partial charge in [-0.2, -0.15) is 0 Å². The summed E-state index contributed by atoms with van der Waals surface area (Å²) in [5.41, 5.74) is 2.47. The highest BCUT2D eigenvalue weighted by Gasteiger charge is 2.26. The van der Waals surface area contributed by atoms with Crippen LogP contribution < -0.4 is 5.32 Å². The smallest absolute Gasteiger partial charge is 0.227 e. The van der Waals surface area contributed by atoms with Crippen molar-refractivity contribution in [2.75, 3.05) is 19.8 Å². The second-order valence-corrected chi connectivity index (χ2v) is 5.23. The molecule has 1 N–H and O–H groups in total. The van der Waals surface area contributed by atoms with Gasteiger partial charge in [0.05, 0.1) is 12.5 Å². The van der Waals surface area contributed by atoms with Crippen molar-refractivity contribution < 1.29 is 14.3 Å². The number of ether oxygens (including phenoxy) is 2. The lowest BCUT2D eigenvalue weighted by molar-refractivity contribution is -0.141. The number of benzene rings is 1. The highest BCUT2D eigenvalue weighted by Crippen LogP contribution is 2.31. The maximum Gasteiger partial charge on any atom is 0.227 e. The number of nitrogens with one attached hydrogen (secondary N) is 1. The summed E-state index contributed by atoms with van der Waals surface area (Å²) in [6.45, 7) is 5.40. The molecule has 1 aliphatic carbocycles. The molecule has 0 saturated carbocycles. The van der Waals surface area contributed by atoms with Crippen molar-refractivity contribution in [3.63, 3.8) is 0 Å². The second kappa shape index (κ2) is 8.15. The summed E-state index contributed by atoms with van der Waals surface area (Å²) in [4.78, 5) is 12.5. The van der Waals surface area contributed by atoms with Crippen LogP contribution in [0, 0.1) is 0 Å². The topological polar surface area (TPSA) is 47.6 Å². The number of amides is 1. The zero-order chi connectivity index (χ0) is 15.1. The van der Waals surface area contributed by atoms with Gasteiger partial charge in [0.2, 0.25) is 5.91 Å². The third-order valence-corrected chi connectivity index (χ3v) is 3.83. The van der Waals surface area contributed by atoms with E-state index >= 15 is 0 Å². The monoisotopic (exact) mass is 291 g/mol. The van der Waals surface area contributed by atoms with Crippen molar-refractivity contribution >= 4 is 5.91 Å². The third kappa shape index (κ3) is 4.29. The first kappa shape index (κ1) is 16.0. The van der Waals surface area contributed by atoms with Crippen LogP contribution in [-0.4, -0.2) is 32.0 Å². The molecule has 0 saturated heterocycles. The van der Waals surface area contributed by atoms with Crippen LogP contribution in [-0.2, 0) is 20.7 Å². The van der Waals surface area contributed by atoms with Crippen LogP contribution in [0.2, 0.25) is 0 Å². The van der Waals surface area contributed by atoms with Gasteiger partial charge in [0.25, 0.3) is 0 Å². The molecule has 1 atom stereocenters. The molecule has 0 radical (unpaired) electrons. The van der Waals surface area contributed by atoms with Crippen LogP contribution in [0.25, 0.3) is 0 Å². The Kier molecular flexibility index (Phi) is 6.21. The average molecular weight is 291 g/mol. The van der Waals surface area contributed by atoms with Gasteiger partial charge in [-0.3, -0.25) is 4.79 Å². The molecule has 0 fully saturated rings. The van der Waals surface area contributed by atoms with E-state index in [0.717, 1.165) is 19.3 Å². The fraction of sp³-hybridized carbons (Fsp3) is 0.588. The van der Waals surface area contributed by atoms with E-state index in [2.05, 4.69) is 17.4 Å². The van der Waals surface area contributed by atoms with Crippen molar-refractivity contribution in [3.8, 4) is 0 Å². The Morgan fingerprint density at radius 1 is 1.29 bits per heavy atom. The van der Waals surface area contributed by atoms with E-state index < -0.39 is 0 Å². The summed E-state index contributed by atoms with van der Waals surface area (Å²) in [5.74, 6) is 0.0328. The van der Waals surface area contributed by atoms with Crippen molar-refractivity contribution in [3.05, 3.63) is 35.4 Å². The second-order valence-electron chi connectivity index (χ2n) is 5.23. The molecule has 0 spiro atoms. The highest BCUT2D eigenvalue weighted by molar-refractivity contribution is 5.84. The van der Waals surface area contributed by atoms with Crippen molar-refractivity contribution in [2.45, 2.75) is 45.3 Å². The van der Waals surface area contributed by atoms with E-state index in [1.54, 1.807) is 0 Å². The Morgan fingerprint density at radius 3 is 2.71 bits per heavy atom. The van der Waals surface area contributed by atoms with Crippen LogP contribution in [0.5, 0.6) is 0 Å². The molecule has 0 bridgehead atoms. The van der Waals surface area contributed by atoms with E-state index in [1.165, 1.54) is 11.1 Å². The quantitative estimate of drug-likeness (QED) is 0.786. The summed E-state index contributed by atoms with van der Waals surface area (Å²) in [5, 5.41) is 2.97. The molecular formula is C17H25NO3. The van der Waals surface area contributed by atoms with E-state index in [4.69, 9.17) is 9.47 Å². The predicted molar refractivity (Wildman–Crippen MR) is 82.2 cm³/mol. The van der Waals surface area contributed by atoms with E-state index in [-0.39, 0.29) is 18.1 Å². The fourth-order valence-corrected chi connectivity index (χ4v) is 2.87. The minimum atomic E-state index is -0.359. The van der Waals surface area contributed by atoms with Gasteiger partial charge >= 0.3 is 0 Å². The standard InChI is InChI=1S/C17H25NO3/c1-3-20-16(21-4-2)12-18-17(19)15-11-7-9-13-8-5-6-10-14(13)15/h5-6,8,10,15-16H,3-4,7,9,11-12H2,1-2H3,(H,18,19). The molecule has 1 aromatic carbocycles. The first-order valence-corrected chi connectivity index (χ1v) is 7.85. The largest absolute Gasteiger partial charge is 0.351 e. The molecule has 116 valence electrons. The van der Waals surface area contributed by atoms with E-state index in [0.29, 0.717) is 19.8 Å². The Balaban J connectivity index is 1.95. The molecule has 1 aromatic rings. The molecule has 4 nitrogen and oxygen atoms in total. The molecule has 21 heavy (non-hydrogen) atoms. The van der Waals surface area contributed by atoms with Crippen LogP contribution in [0.4, 0.5) is 0 Å². The summed E-state index contributed by atoms with van der Waals surface area (Å²) < 4.78 is 10.9. The maximum atomic E-state index is 12.5. The van der Waals surface area contributed by atoms with E-state index in [1.807, 2.05) is 26.0 Å². The molecular weight excluding hydrogens is 266 g/mol. The Hall–Kier alpha value is -1.39. The molecule has 0 aromatic heterocycles. The average Bonchev–Trinajstić information content (AvgIpc) is 2.52. The molecule has 0 aliphatic heterocycles. The Morgan fingerprint density at radius 2 is 2.00 bits per heavy atom. The molecule has 1 unspecified atom stereocenters. The summed E-state index contributed by atoms with van der Waals surface area (Å²) >= 11 is 0. The zero-order valence-corrected chi connectivity index (χ0v) is 12.9. The van der Waals surface area contributed by atoms with Crippen LogP contribution >= 0.6 is 0 Å². The van der Waals surface area contributed by atoms with Crippen molar-refractivity contribution in [1.82, 2.24) is 5.32 Å². The van der Waals surface area contributed by atoms with Crippen molar-refractivity contribution in [2.24, 2.45) is 0 Å². The molecule has 2 rings (SSSR count). The molecule has 1 amide bonds. The lowest BCUT2D eigenvalue weighted by Gasteiger charge is -2.25. The summed E-state index contributed by atoms with van der Waals surface area (Å²) in [6, 6.07) is 8.24. The first-order chi connectivity index (χ1) is 10.3. The number of fused-ring (bicyclic) bond motifs is 1. The fourth-order valence-electron chi connectivity index (χ4n) is 2.87. The zero-order valence-electron chi connectivity index (χ0n) is 12.9. The number of aryl methyl sites for hydroxylation is 1. The lowest BCUT2D eigenvalue weighted by atomic mass is 9.82. The van der Waals surface area contributed by atoms with E-state index in [9.17, 15) is 4.79 Å². The van der Waals surface area contributed by atoms with Gasteiger partial charge in [0, 0.05) is 13.2 Å². The molecule has 0 heterocycles. The van der Waals surface area contributed by atoms with Crippen molar-refractivity contribution in [1.29, 1.82) is 0 Å². The normalized spacial score (nSPS) is 17.6. The van der Waals surface area contributed by atoms with Gasteiger partial charge in [-0.05, 0) is 44.2 Å². The highest BCUT2D eigenvalue weighted by atomic mass is 16.7.